The molecule has 2 aliphatic heterocycles. The van der Waals surface area contributed by atoms with Crippen LogP contribution >= 0.6 is 0 Å². The van der Waals surface area contributed by atoms with Crippen molar-refractivity contribution in [2.75, 3.05) is 18.4 Å². The van der Waals surface area contributed by atoms with Crippen molar-refractivity contribution in [1.29, 1.82) is 0 Å². The van der Waals surface area contributed by atoms with Gasteiger partial charge in [0, 0.05) is 37.3 Å². The third-order valence-corrected chi connectivity index (χ3v) is 8.99. The molecule has 33 heavy (non-hydrogen) atoms. The molecule has 2 N–H and O–H groups in total. The molecule has 0 spiro atoms. The van der Waals surface area contributed by atoms with Crippen molar-refractivity contribution in [3.05, 3.63) is 58.5 Å². The summed E-state index contributed by atoms with van der Waals surface area (Å²) in [5.74, 6) is 0.00700. The van der Waals surface area contributed by atoms with E-state index < -0.39 is 10.0 Å². The summed E-state index contributed by atoms with van der Waals surface area (Å²) >= 11 is 0. The summed E-state index contributed by atoms with van der Waals surface area (Å²) in [6.45, 7) is 1.19. The van der Waals surface area contributed by atoms with Gasteiger partial charge in [0.1, 0.15) is 5.69 Å². The summed E-state index contributed by atoms with van der Waals surface area (Å²) in [6.07, 6.45) is 6.25. The Morgan fingerprint density at radius 1 is 0.939 bits per heavy atom. The van der Waals surface area contributed by atoms with E-state index in [1.54, 1.807) is 45.3 Å². The van der Waals surface area contributed by atoms with E-state index in [0.717, 1.165) is 37.8 Å². The number of piperidine rings is 1. The maximum atomic E-state index is 13.2. The average Bonchev–Trinajstić information content (AvgIpc) is 2.82. The van der Waals surface area contributed by atoms with Crippen LogP contribution in [0, 0.1) is 5.92 Å². The van der Waals surface area contributed by atoms with Gasteiger partial charge in [-0.2, -0.15) is 4.31 Å². The highest BCUT2D eigenvalue weighted by Crippen LogP contribution is 2.37. The fourth-order valence-electron chi connectivity index (χ4n) is 5.53. The van der Waals surface area contributed by atoms with Crippen LogP contribution in [0.4, 0.5) is 10.5 Å². The van der Waals surface area contributed by atoms with E-state index in [-0.39, 0.29) is 35.2 Å². The summed E-state index contributed by atoms with van der Waals surface area (Å²) in [6, 6.07) is 11.8. The maximum Gasteiger partial charge on any atom is 0.319 e. The molecule has 1 aromatic heterocycles. The number of rotatable bonds is 4. The van der Waals surface area contributed by atoms with Crippen LogP contribution in [0.3, 0.4) is 0 Å². The predicted molar refractivity (Wildman–Crippen MR) is 126 cm³/mol. The number of nitrogens with zero attached hydrogens (tertiary/aromatic N) is 2. The fourth-order valence-corrected chi connectivity index (χ4v) is 7.11. The van der Waals surface area contributed by atoms with E-state index in [1.807, 2.05) is 6.07 Å². The average molecular weight is 471 g/mol. The van der Waals surface area contributed by atoms with Crippen LogP contribution in [0.15, 0.2) is 52.2 Å². The number of carbonyl (C=O) groups is 1. The van der Waals surface area contributed by atoms with Crippen LogP contribution in [0.2, 0.25) is 0 Å². The van der Waals surface area contributed by atoms with Crippen LogP contribution in [0.5, 0.6) is 0 Å². The Hall–Kier alpha value is -2.65. The molecule has 0 radical (unpaired) electrons. The number of benzene rings is 1. The van der Waals surface area contributed by atoms with Gasteiger partial charge in [0.15, 0.2) is 0 Å². The van der Waals surface area contributed by atoms with Crippen molar-refractivity contribution in [3.63, 3.8) is 0 Å². The topological polar surface area (TPSA) is 101 Å². The number of anilines is 1. The van der Waals surface area contributed by atoms with Crippen LogP contribution in [-0.4, -0.2) is 42.5 Å². The summed E-state index contributed by atoms with van der Waals surface area (Å²) in [7, 11) is -3.57. The molecular formula is C24H30N4O4S. The van der Waals surface area contributed by atoms with Crippen molar-refractivity contribution < 1.29 is 13.2 Å². The minimum atomic E-state index is -3.57. The highest BCUT2D eigenvalue weighted by molar-refractivity contribution is 7.89. The minimum Gasteiger partial charge on any atom is -0.335 e. The highest BCUT2D eigenvalue weighted by atomic mass is 32.2. The number of hydrogen-bond donors (Lipinski definition) is 2. The summed E-state index contributed by atoms with van der Waals surface area (Å²) in [5.41, 5.74) is 0.878. The van der Waals surface area contributed by atoms with E-state index in [9.17, 15) is 18.0 Å². The number of carbonyl (C=O) groups excluding carboxylic acids is 1. The number of hydrogen-bond acceptors (Lipinski definition) is 4. The molecule has 2 atom stereocenters. The molecule has 1 saturated carbocycles. The van der Waals surface area contributed by atoms with E-state index in [1.165, 1.54) is 6.42 Å². The second-order valence-electron chi connectivity index (χ2n) is 9.45. The molecule has 1 aromatic carbocycles. The van der Waals surface area contributed by atoms with Gasteiger partial charge in [0.05, 0.1) is 4.90 Å². The Kier molecular flexibility index (Phi) is 6.01. The Bertz CT molecular complexity index is 1190. The van der Waals surface area contributed by atoms with Crippen molar-refractivity contribution in [3.8, 4) is 0 Å². The Balaban J connectivity index is 1.33. The molecule has 3 heterocycles. The zero-order valence-electron chi connectivity index (χ0n) is 18.6. The first kappa shape index (κ1) is 22.2. The zero-order chi connectivity index (χ0) is 23.0. The lowest BCUT2D eigenvalue weighted by molar-refractivity contribution is 0.186. The molecule has 9 heteroatoms. The highest BCUT2D eigenvalue weighted by Gasteiger charge is 2.39. The minimum absolute atomic E-state index is 0.0474. The number of urea groups is 1. The van der Waals surface area contributed by atoms with Gasteiger partial charge in [0.25, 0.3) is 5.56 Å². The second kappa shape index (κ2) is 8.95. The van der Waals surface area contributed by atoms with E-state index in [4.69, 9.17) is 0 Å². The van der Waals surface area contributed by atoms with E-state index in [0.29, 0.717) is 24.5 Å². The van der Waals surface area contributed by atoms with Crippen LogP contribution in [0.1, 0.15) is 50.1 Å². The van der Waals surface area contributed by atoms with Crippen LogP contribution in [0.25, 0.3) is 0 Å². The molecule has 3 aliphatic rings. The Labute approximate surface area is 194 Å². The Morgan fingerprint density at radius 3 is 2.45 bits per heavy atom. The lowest BCUT2D eigenvalue weighted by atomic mass is 9.84. The molecule has 2 amide bonds. The number of aromatic nitrogens is 1. The summed E-state index contributed by atoms with van der Waals surface area (Å²) in [4.78, 5) is 25.9. The monoisotopic (exact) mass is 470 g/mol. The molecule has 1 saturated heterocycles. The van der Waals surface area contributed by atoms with Gasteiger partial charge in [-0.05, 0) is 49.4 Å². The number of sulfonamides is 1. The van der Waals surface area contributed by atoms with Crippen molar-refractivity contribution in [2.45, 2.75) is 61.9 Å². The van der Waals surface area contributed by atoms with Gasteiger partial charge in [-0.1, -0.05) is 37.5 Å². The molecule has 2 bridgehead atoms. The lowest BCUT2D eigenvalue weighted by Gasteiger charge is -2.42. The number of pyridine rings is 1. The fraction of sp³-hybridized carbons (Fsp3) is 0.500. The van der Waals surface area contributed by atoms with E-state index in [2.05, 4.69) is 10.6 Å². The lowest BCUT2D eigenvalue weighted by Crippen LogP contribution is -2.49. The third kappa shape index (κ3) is 4.44. The van der Waals surface area contributed by atoms with Crippen molar-refractivity contribution >= 4 is 21.7 Å². The van der Waals surface area contributed by atoms with Gasteiger partial charge >= 0.3 is 6.03 Å². The largest absolute Gasteiger partial charge is 0.335 e. The predicted octanol–water partition coefficient (Wildman–Crippen LogP) is 3.11. The number of amides is 2. The molecule has 5 rings (SSSR count). The number of fused-ring (bicyclic) bond motifs is 4. The molecule has 1 aliphatic carbocycles. The molecule has 2 aromatic rings. The van der Waals surface area contributed by atoms with Crippen LogP contribution in [-0.2, 0) is 16.6 Å². The summed E-state index contributed by atoms with van der Waals surface area (Å²) < 4.78 is 29.6. The third-order valence-electron chi connectivity index (χ3n) is 7.14. The molecule has 8 nitrogen and oxygen atoms in total. The van der Waals surface area contributed by atoms with Gasteiger partial charge in [-0.15, -0.1) is 0 Å². The standard InChI is InChI=1S/C24H30N4O4S/c29-23-21(26-24(30)25-19-7-3-1-4-8-19)11-12-22-18-13-17(15-28(22)23)14-27(16-18)33(31,32)20-9-5-2-6-10-20/h2,5-6,9-12,17-19H,1,3-4,7-8,13-16H2,(H2,25,26,30). The first-order valence-electron chi connectivity index (χ1n) is 11.8. The van der Waals surface area contributed by atoms with Crippen LogP contribution < -0.4 is 16.2 Å². The Morgan fingerprint density at radius 2 is 1.70 bits per heavy atom. The number of nitrogens with one attached hydrogen (secondary N) is 2. The molecular weight excluding hydrogens is 440 g/mol. The normalized spacial score (nSPS) is 23.5. The van der Waals surface area contributed by atoms with Gasteiger partial charge in [-0.25, -0.2) is 13.2 Å². The smallest absolute Gasteiger partial charge is 0.319 e. The SMILES string of the molecule is O=C(Nc1ccc2n(c1=O)CC1CC2CN(S(=O)(=O)c2ccccc2)C1)NC1CCCCC1. The molecule has 176 valence electrons. The quantitative estimate of drug-likeness (QED) is 0.717. The first-order chi connectivity index (χ1) is 15.9. The maximum absolute atomic E-state index is 13.2. The van der Waals surface area contributed by atoms with Gasteiger partial charge in [-0.3, -0.25) is 4.79 Å². The molecule has 2 unspecified atom stereocenters. The first-order valence-corrected chi connectivity index (χ1v) is 13.2. The van der Waals surface area contributed by atoms with Crippen molar-refractivity contribution in [2.24, 2.45) is 5.92 Å². The van der Waals surface area contributed by atoms with E-state index >= 15 is 0 Å². The zero-order valence-corrected chi connectivity index (χ0v) is 19.4. The summed E-state index contributed by atoms with van der Waals surface area (Å²) in [5, 5.41) is 5.72. The second-order valence-corrected chi connectivity index (χ2v) is 11.4. The molecule has 2 fully saturated rings. The van der Waals surface area contributed by atoms with Gasteiger partial charge in [0.2, 0.25) is 10.0 Å². The van der Waals surface area contributed by atoms with Gasteiger partial charge < -0.3 is 15.2 Å². The van der Waals surface area contributed by atoms with Crippen molar-refractivity contribution in [1.82, 2.24) is 14.2 Å².